The fourth-order valence-corrected chi connectivity index (χ4v) is 3.33. The molecule has 2 rings (SSSR count). The third kappa shape index (κ3) is 4.38. The van der Waals surface area contributed by atoms with Gasteiger partial charge in [-0.15, -0.1) is 0 Å². The summed E-state index contributed by atoms with van der Waals surface area (Å²) < 4.78 is 25.1. The number of amides is 4. The number of sulfonamides is 1. The van der Waals surface area contributed by atoms with E-state index in [1.165, 1.54) is 43.3 Å². The number of nitrogens with one attached hydrogen (secondary N) is 1. The normalized spacial score (nSPS) is 15.1. The van der Waals surface area contributed by atoms with Crippen LogP contribution in [0.3, 0.4) is 0 Å². The van der Waals surface area contributed by atoms with E-state index in [0.717, 1.165) is 9.21 Å². The highest BCUT2D eigenvalue weighted by atomic mass is 32.2. The Hall–Kier alpha value is -2.46. The average molecular weight is 382 g/mol. The van der Waals surface area contributed by atoms with Crippen molar-refractivity contribution in [3.05, 3.63) is 24.3 Å². The first kappa shape index (κ1) is 19.9. The number of rotatable bonds is 7. The number of imide groups is 1. The van der Waals surface area contributed by atoms with Gasteiger partial charge in [-0.3, -0.25) is 14.5 Å². The first-order valence-electron chi connectivity index (χ1n) is 8.01. The van der Waals surface area contributed by atoms with Crippen LogP contribution in [0.2, 0.25) is 0 Å². The predicted molar refractivity (Wildman–Crippen MR) is 94.9 cm³/mol. The molecule has 1 saturated heterocycles. The third-order valence-corrected chi connectivity index (χ3v) is 5.76. The first-order chi connectivity index (χ1) is 12.1. The maximum Gasteiger partial charge on any atom is 0.326 e. The summed E-state index contributed by atoms with van der Waals surface area (Å²) in [6.07, 6.45) is 0.489. The molecule has 1 aliphatic heterocycles. The summed E-state index contributed by atoms with van der Waals surface area (Å²) in [5.74, 6) is -0.545. The molecule has 1 aromatic carbocycles. The lowest BCUT2D eigenvalue weighted by Gasteiger charge is -2.14. The van der Waals surface area contributed by atoms with Crippen LogP contribution < -0.4 is 5.32 Å². The summed E-state index contributed by atoms with van der Waals surface area (Å²) in [5.41, 5.74) is 0.473. The molecule has 0 aromatic heterocycles. The Morgan fingerprint density at radius 2 is 1.81 bits per heavy atom. The smallest absolute Gasteiger partial charge is 0.326 e. The van der Waals surface area contributed by atoms with E-state index in [-0.39, 0.29) is 42.3 Å². The van der Waals surface area contributed by atoms with Gasteiger partial charge in [0.2, 0.25) is 21.8 Å². The van der Waals surface area contributed by atoms with Crippen LogP contribution in [-0.4, -0.2) is 74.6 Å². The molecule has 1 fully saturated rings. The Morgan fingerprint density at radius 3 is 2.31 bits per heavy atom. The van der Waals surface area contributed by atoms with E-state index in [0.29, 0.717) is 12.1 Å². The van der Waals surface area contributed by atoms with Crippen molar-refractivity contribution in [2.45, 2.75) is 17.7 Å². The molecule has 0 radical (unpaired) electrons. The second-order valence-corrected chi connectivity index (χ2v) is 8.30. The van der Waals surface area contributed by atoms with Gasteiger partial charge in [0.1, 0.15) is 6.54 Å². The molecule has 0 unspecified atom stereocenters. The minimum absolute atomic E-state index is 0.0627. The molecule has 0 bridgehead atoms. The maximum atomic E-state index is 12.0. The molecule has 1 N–H and O–H groups in total. The lowest BCUT2D eigenvalue weighted by Crippen LogP contribution is -2.32. The zero-order valence-electron chi connectivity index (χ0n) is 14.9. The molecule has 0 saturated carbocycles. The van der Waals surface area contributed by atoms with Crippen LogP contribution in [0, 0.1) is 0 Å². The number of carbonyl (C=O) groups is 3. The summed E-state index contributed by atoms with van der Waals surface area (Å²) in [6.45, 7) is 0.253. The van der Waals surface area contributed by atoms with Crippen molar-refractivity contribution in [1.82, 2.24) is 14.1 Å². The largest absolute Gasteiger partial charge is 0.326 e. The Kier molecular flexibility index (Phi) is 5.98. The van der Waals surface area contributed by atoms with E-state index < -0.39 is 10.0 Å². The minimum Gasteiger partial charge on any atom is -0.326 e. The molecule has 1 heterocycles. The minimum atomic E-state index is -3.51. The molecule has 1 aliphatic rings. The van der Waals surface area contributed by atoms with Gasteiger partial charge in [0, 0.05) is 39.8 Å². The van der Waals surface area contributed by atoms with Crippen molar-refractivity contribution in [1.29, 1.82) is 0 Å². The molecule has 1 aromatic rings. The van der Waals surface area contributed by atoms with E-state index in [4.69, 9.17) is 0 Å². The van der Waals surface area contributed by atoms with Crippen LogP contribution in [0.1, 0.15) is 12.8 Å². The van der Waals surface area contributed by atoms with Crippen molar-refractivity contribution in [2.75, 3.05) is 39.5 Å². The molecular formula is C16H22N4O5S. The highest BCUT2D eigenvalue weighted by Gasteiger charge is 2.32. The number of benzene rings is 1. The van der Waals surface area contributed by atoms with Gasteiger partial charge in [0.15, 0.2) is 0 Å². The summed E-state index contributed by atoms with van der Waals surface area (Å²) in [6, 6.07) is 5.51. The molecule has 26 heavy (non-hydrogen) atoms. The van der Waals surface area contributed by atoms with Gasteiger partial charge in [-0.25, -0.2) is 17.5 Å². The fourth-order valence-electron chi connectivity index (χ4n) is 2.43. The molecule has 0 atom stereocenters. The zero-order valence-corrected chi connectivity index (χ0v) is 15.7. The van der Waals surface area contributed by atoms with Gasteiger partial charge in [0.05, 0.1) is 4.90 Å². The molecule has 9 nitrogen and oxygen atoms in total. The number of hydrogen-bond donors (Lipinski definition) is 1. The Labute approximate surface area is 152 Å². The van der Waals surface area contributed by atoms with E-state index in [1.54, 1.807) is 7.05 Å². The Bertz CT molecular complexity index is 804. The van der Waals surface area contributed by atoms with E-state index in [1.807, 2.05) is 0 Å². The second-order valence-electron chi connectivity index (χ2n) is 6.15. The molecule has 0 spiro atoms. The molecule has 4 amide bonds. The second kappa shape index (κ2) is 7.83. The van der Waals surface area contributed by atoms with Gasteiger partial charge in [-0.1, -0.05) is 0 Å². The standard InChI is InChI=1S/C16H22N4O5S/c1-18(2)26(24,25)13-8-6-12(7-9-13)17-14(21)5-4-10-20-15(22)11-19(3)16(20)23/h6-9H,4-5,10-11H2,1-3H3,(H,17,21). The summed E-state index contributed by atoms with van der Waals surface area (Å²) in [4.78, 5) is 37.9. The summed E-state index contributed by atoms with van der Waals surface area (Å²) in [5, 5.41) is 2.66. The van der Waals surface area contributed by atoms with Crippen LogP contribution in [-0.2, 0) is 19.6 Å². The van der Waals surface area contributed by atoms with Gasteiger partial charge in [-0.2, -0.15) is 0 Å². The van der Waals surface area contributed by atoms with Crippen molar-refractivity contribution in [2.24, 2.45) is 0 Å². The van der Waals surface area contributed by atoms with Crippen LogP contribution in [0.25, 0.3) is 0 Å². The van der Waals surface area contributed by atoms with Gasteiger partial charge in [-0.05, 0) is 30.7 Å². The number of anilines is 1. The van der Waals surface area contributed by atoms with Crippen LogP contribution in [0.15, 0.2) is 29.2 Å². The van der Waals surface area contributed by atoms with Crippen LogP contribution in [0.5, 0.6) is 0 Å². The molecule has 0 aliphatic carbocycles. The average Bonchev–Trinajstić information content (AvgIpc) is 2.81. The maximum absolute atomic E-state index is 12.0. The predicted octanol–water partition coefficient (Wildman–Crippen LogP) is 0.550. The number of hydrogen-bond acceptors (Lipinski definition) is 5. The molecular weight excluding hydrogens is 360 g/mol. The highest BCUT2D eigenvalue weighted by molar-refractivity contribution is 7.89. The van der Waals surface area contributed by atoms with Gasteiger partial charge < -0.3 is 10.2 Å². The monoisotopic (exact) mass is 382 g/mol. The van der Waals surface area contributed by atoms with Crippen molar-refractivity contribution in [3.8, 4) is 0 Å². The van der Waals surface area contributed by atoms with Gasteiger partial charge >= 0.3 is 6.03 Å². The van der Waals surface area contributed by atoms with Gasteiger partial charge in [0.25, 0.3) is 0 Å². The van der Waals surface area contributed by atoms with Crippen LogP contribution in [0.4, 0.5) is 10.5 Å². The lowest BCUT2D eigenvalue weighted by atomic mass is 10.2. The van der Waals surface area contributed by atoms with E-state index >= 15 is 0 Å². The third-order valence-electron chi connectivity index (χ3n) is 3.93. The van der Waals surface area contributed by atoms with Crippen molar-refractivity contribution in [3.63, 3.8) is 0 Å². The van der Waals surface area contributed by atoms with Crippen LogP contribution >= 0.6 is 0 Å². The topological polar surface area (TPSA) is 107 Å². The number of nitrogens with zero attached hydrogens (tertiary/aromatic N) is 3. The number of carbonyl (C=O) groups excluding carboxylic acids is 3. The first-order valence-corrected chi connectivity index (χ1v) is 9.45. The number of likely N-dealkylation sites (N-methyl/N-ethyl adjacent to an activating group) is 1. The SMILES string of the molecule is CN1CC(=O)N(CCCC(=O)Nc2ccc(S(=O)(=O)N(C)C)cc2)C1=O. The van der Waals surface area contributed by atoms with E-state index in [9.17, 15) is 22.8 Å². The van der Waals surface area contributed by atoms with Crippen molar-refractivity contribution < 1.29 is 22.8 Å². The number of urea groups is 1. The molecule has 142 valence electrons. The summed E-state index contributed by atoms with van der Waals surface area (Å²) in [7, 11) is 0.921. The lowest BCUT2D eigenvalue weighted by molar-refractivity contribution is -0.125. The summed E-state index contributed by atoms with van der Waals surface area (Å²) >= 11 is 0. The molecule has 10 heteroatoms. The fraction of sp³-hybridized carbons (Fsp3) is 0.438. The highest BCUT2D eigenvalue weighted by Crippen LogP contribution is 2.17. The quantitative estimate of drug-likeness (QED) is 0.693. The Morgan fingerprint density at radius 1 is 1.19 bits per heavy atom. The Balaban J connectivity index is 1.85. The van der Waals surface area contributed by atoms with E-state index in [2.05, 4.69) is 5.32 Å². The van der Waals surface area contributed by atoms with Crippen molar-refractivity contribution >= 4 is 33.6 Å². The zero-order chi connectivity index (χ0) is 19.5.